The van der Waals surface area contributed by atoms with Crippen molar-refractivity contribution >= 4 is 23.2 Å². The Morgan fingerprint density at radius 1 is 1.12 bits per heavy atom. The van der Waals surface area contributed by atoms with Gasteiger partial charge in [0.25, 0.3) is 5.91 Å². The molecule has 32 heavy (non-hydrogen) atoms. The van der Waals surface area contributed by atoms with Crippen molar-refractivity contribution in [3.63, 3.8) is 0 Å². The highest BCUT2D eigenvalue weighted by Crippen LogP contribution is 2.30. The van der Waals surface area contributed by atoms with Crippen LogP contribution in [0.15, 0.2) is 47.3 Å². The maximum atomic E-state index is 12.8. The number of benzene rings is 2. The number of thiazole rings is 1. The molecule has 0 spiro atoms. The lowest BCUT2D eigenvalue weighted by Gasteiger charge is -2.18. The maximum Gasteiger partial charge on any atom is 0.308 e. The molecule has 0 saturated carbocycles. The third kappa shape index (κ3) is 4.67. The first-order valence-corrected chi connectivity index (χ1v) is 10.9. The molecule has 2 aromatic carbocycles. The Bertz CT molecular complexity index is 1230. The fourth-order valence-electron chi connectivity index (χ4n) is 3.39. The summed E-state index contributed by atoms with van der Waals surface area (Å²) in [6.07, 6.45) is 0. The molecule has 0 radical (unpaired) electrons. The summed E-state index contributed by atoms with van der Waals surface area (Å²) in [6.45, 7) is 4.54. The minimum Gasteiger partial charge on any atom is -0.486 e. The van der Waals surface area contributed by atoms with Crippen LogP contribution >= 0.6 is 11.3 Å². The van der Waals surface area contributed by atoms with E-state index in [9.17, 15) is 14.4 Å². The first-order valence-electron chi connectivity index (χ1n) is 10.1. The summed E-state index contributed by atoms with van der Waals surface area (Å²) in [4.78, 5) is 36.8. The van der Waals surface area contributed by atoms with Crippen LogP contribution in [0.4, 0.5) is 0 Å². The fourth-order valence-corrected chi connectivity index (χ4v) is 4.30. The van der Waals surface area contributed by atoms with Crippen LogP contribution in [0.2, 0.25) is 0 Å². The number of para-hydroxylation sites is 1. The predicted octanol–water partition coefficient (Wildman–Crippen LogP) is 2.89. The fraction of sp³-hybridized carbons (Fsp3) is 0.261. The van der Waals surface area contributed by atoms with Gasteiger partial charge in [0.1, 0.15) is 23.8 Å². The van der Waals surface area contributed by atoms with E-state index in [1.807, 2.05) is 18.2 Å². The number of ether oxygens (including phenoxy) is 3. The second-order valence-corrected chi connectivity index (χ2v) is 8.19. The van der Waals surface area contributed by atoms with E-state index in [1.165, 1.54) is 11.5 Å². The third-order valence-corrected chi connectivity index (χ3v) is 6.04. The molecule has 4 rings (SSSR count). The highest BCUT2D eigenvalue weighted by atomic mass is 32.1. The van der Waals surface area contributed by atoms with Gasteiger partial charge in [-0.05, 0) is 30.7 Å². The molecule has 166 valence electrons. The Morgan fingerprint density at radius 3 is 2.66 bits per heavy atom. The minimum absolute atomic E-state index is 0.195. The van der Waals surface area contributed by atoms with E-state index in [0.29, 0.717) is 46.6 Å². The van der Waals surface area contributed by atoms with Crippen molar-refractivity contribution in [1.29, 1.82) is 0 Å². The summed E-state index contributed by atoms with van der Waals surface area (Å²) in [7, 11) is 0. The second-order valence-electron chi connectivity index (χ2n) is 7.23. The van der Waals surface area contributed by atoms with Gasteiger partial charge in [-0.1, -0.05) is 35.6 Å². The van der Waals surface area contributed by atoms with Crippen molar-refractivity contribution in [1.82, 2.24) is 9.88 Å². The van der Waals surface area contributed by atoms with Crippen molar-refractivity contribution in [3.8, 4) is 17.2 Å². The molecular formula is C23H22N2O6S. The number of fused-ring (bicyclic) bond motifs is 1. The molecule has 1 amide bonds. The van der Waals surface area contributed by atoms with Crippen molar-refractivity contribution in [3.05, 3.63) is 73.8 Å². The van der Waals surface area contributed by atoms with Gasteiger partial charge in [0, 0.05) is 24.7 Å². The van der Waals surface area contributed by atoms with E-state index in [0.717, 1.165) is 16.9 Å². The van der Waals surface area contributed by atoms with Crippen LogP contribution in [0.5, 0.6) is 17.2 Å². The first kappa shape index (κ1) is 21.6. The lowest BCUT2D eigenvalue weighted by molar-refractivity contribution is -0.131. The van der Waals surface area contributed by atoms with Gasteiger partial charge in [0.2, 0.25) is 0 Å². The van der Waals surface area contributed by atoms with E-state index < -0.39 is 5.97 Å². The summed E-state index contributed by atoms with van der Waals surface area (Å²) >= 11 is 0.889. The molecule has 0 saturated heterocycles. The number of hydrogen-bond acceptors (Lipinski definition) is 7. The van der Waals surface area contributed by atoms with Gasteiger partial charge in [0.15, 0.2) is 11.5 Å². The van der Waals surface area contributed by atoms with Gasteiger partial charge in [0.05, 0.1) is 6.54 Å². The molecule has 1 aliphatic rings. The number of esters is 1. The summed E-state index contributed by atoms with van der Waals surface area (Å²) in [5.41, 5.74) is 2.09. The average molecular weight is 455 g/mol. The van der Waals surface area contributed by atoms with Crippen molar-refractivity contribution in [2.75, 3.05) is 13.2 Å². The zero-order chi connectivity index (χ0) is 22.7. The predicted molar refractivity (Wildman–Crippen MR) is 119 cm³/mol. The quantitative estimate of drug-likeness (QED) is 0.455. The van der Waals surface area contributed by atoms with Crippen LogP contribution in [-0.4, -0.2) is 29.7 Å². The van der Waals surface area contributed by atoms with Crippen LogP contribution in [-0.2, 0) is 17.9 Å². The Balaban J connectivity index is 1.49. The molecule has 0 atom stereocenters. The summed E-state index contributed by atoms with van der Waals surface area (Å²) in [6, 6.07) is 12.5. The van der Waals surface area contributed by atoms with Gasteiger partial charge < -0.3 is 19.5 Å². The van der Waals surface area contributed by atoms with Crippen molar-refractivity contribution in [2.24, 2.45) is 0 Å². The monoisotopic (exact) mass is 454 g/mol. The van der Waals surface area contributed by atoms with Gasteiger partial charge >= 0.3 is 10.8 Å². The second kappa shape index (κ2) is 9.27. The van der Waals surface area contributed by atoms with E-state index >= 15 is 0 Å². The highest BCUT2D eigenvalue weighted by Gasteiger charge is 2.19. The molecule has 0 aliphatic carbocycles. The molecule has 0 bridgehead atoms. The number of carbonyl (C=O) groups excluding carboxylic acids is 2. The maximum absolute atomic E-state index is 12.8. The van der Waals surface area contributed by atoms with Gasteiger partial charge in [-0.15, -0.1) is 0 Å². The van der Waals surface area contributed by atoms with Gasteiger partial charge in [-0.25, -0.2) is 0 Å². The lowest BCUT2D eigenvalue weighted by atomic mass is 10.2. The van der Waals surface area contributed by atoms with Gasteiger partial charge in [-0.3, -0.25) is 19.0 Å². The number of rotatable bonds is 6. The van der Waals surface area contributed by atoms with Crippen molar-refractivity contribution < 1.29 is 23.8 Å². The van der Waals surface area contributed by atoms with Crippen LogP contribution in [0.1, 0.15) is 33.4 Å². The molecule has 2 heterocycles. The smallest absolute Gasteiger partial charge is 0.308 e. The highest BCUT2D eigenvalue weighted by molar-refractivity contribution is 7.11. The van der Waals surface area contributed by atoms with Crippen LogP contribution in [0.3, 0.4) is 0 Å². The molecular weight excluding hydrogens is 432 g/mol. The number of amides is 1. The summed E-state index contributed by atoms with van der Waals surface area (Å²) < 4.78 is 17.8. The minimum atomic E-state index is -0.439. The van der Waals surface area contributed by atoms with E-state index in [-0.39, 0.29) is 23.9 Å². The van der Waals surface area contributed by atoms with E-state index in [1.54, 1.807) is 31.2 Å². The van der Waals surface area contributed by atoms with Crippen LogP contribution in [0, 0.1) is 6.92 Å². The lowest BCUT2D eigenvalue weighted by Crippen LogP contribution is -2.23. The zero-order valence-electron chi connectivity index (χ0n) is 17.7. The van der Waals surface area contributed by atoms with E-state index in [2.05, 4.69) is 5.32 Å². The normalized spacial score (nSPS) is 12.3. The standard InChI is InChI=1S/C23H22N2O6S/c1-14-21(22(27)24-12-16-7-8-19-20(11-16)30-10-9-29-19)32-23(28)25(14)13-17-5-3-4-6-18(17)31-15(2)26/h3-8,11H,9-10,12-13H2,1-2H3,(H,24,27). The third-order valence-electron chi connectivity index (χ3n) is 4.96. The number of aromatic nitrogens is 1. The number of hydrogen-bond donors (Lipinski definition) is 1. The Kier molecular flexibility index (Phi) is 6.27. The molecule has 9 heteroatoms. The summed E-state index contributed by atoms with van der Waals surface area (Å²) in [5.74, 6) is 0.965. The molecule has 1 aromatic heterocycles. The Labute approximate surface area is 188 Å². The Morgan fingerprint density at radius 2 is 1.88 bits per heavy atom. The van der Waals surface area contributed by atoms with Crippen LogP contribution in [0.25, 0.3) is 0 Å². The van der Waals surface area contributed by atoms with E-state index in [4.69, 9.17) is 14.2 Å². The van der Waals surface area contributed by atoms with Crippen molar-refractivity contribution in [2.45, 2.75) is 26.9 Å². The number of nitrogens with one attached hydrogen (secondary N) is 1. The molecule has 1 aliphatic heterocycles. The first-order chi connectivity index (χ1) is 15.4. The Hall–Kier alpha value is -3.59. The number of nitrogens with zero attached hydrogens (tertiary/aromatic N) is 1. The zero-order valence-corrected chi connectivity index (χ0v) is 18.5. The van der Waals surface area contributed by atoms with Crippen LogP contribution < -0.4 is 24.4 Å². The summed E-state index contributed by atoms with van der Waals surface area (Å²) in [5, 5.41) is 2.86. The SMILES string of the molecule is CC(=O)Oc1ccccc1Cn1c(C)c(C(=O)NCc2ccc3c(c2)OCCO3)sc1=O. The molecule has 3 aromatic rings. The number of carbonyl (C=O) groups is 2. The molecule has 0 fully saturated rings. The average Bonchev–Trinajstić information content (AvgIpc) is 3.06. The molecule has 1 N–H and O–H groups in total. The van der Waals surface area contributed by atoms with Gasteiger partial charge in [-0.2, -0.15) is 0 Å². The topological polar surface area (TPSA) is 95.9 Å². The molecule has 8 nitrogen and oxygen atoms in total. The largest absolute Gasteiger partial charge is 0.486 e. The molecule has 0 unspecified atom stereocenters.